The number of hydrogen-bond acceptors (Lipinski definition) is 6. The number of anilines is 1. The average Bonchev–Trinajstić information content (AvgIpc) is 3.10. The number of aromatic nitrogens is 2. The predicted molar refractivity (Wildman–Crippen MR) is 147 cm³/mol. The minimum Gasteiger partial charge on any atom is -0.356 e. The number of carbonyl (C=O) groups excluding carboxylic acids is 1. The Balaban J connectivity index is 1.58. The van der Waals surface area contributed by atoms with Gasteiger partial charge in [0.05, 0.1) is 17.0 Å². The van der Waals surface area contributed by atoms with Gasteiger partial charge in [-0.1, -0.05) is 66.8 Å². The third-order valence-electron chi connectivity index (χ3n) is 6.38. The number of halogens is 1. The summed E-state index contributed by atoms with van der Waals surface area (Å²) in [5, 5.41) is 0.583. The first-order valence-corrected chi connectivity index (χ1v) is 13.2. The lowest BCUT2D eigenvalue weighted by Gasteiger charge is -2.32. The highest BCUT2D eigenvalue weighted by atomic mass is 35.5. The van der Waals surface area contributed by atoms with Crippen molar-refractivity contribution in [2.75, 3.05) is 18.0 Å². The number of piperidine rings is 1. The Kier molecular flexibility index (Phi) is 6.70. The summed E-state index contributed by atoms with van der Waals surface area (Å²) in [6.07, 6.45) is 5.64. The van der Waals surface area contributed by atoms with E-state index in [0.717, 1.165) is 37.1 Å². The number of rotatable bonds is 4. The maximum absolute atomic E-state index is 13.7. The van der Waals surface area contributed by atoms with Crippen LogP contribution in [0.3, 0.4) is 0 Å². The highest BCUT2D eigenvalue weighted by Gasteiger charge is 2.33. The van der Waals surface area contributed by atoms with Crippen molar-refractivity contribution in [3.63, 3.8) is 0 Å². The van der Waals surface area contributed by atoms with Crippen molar-refractivity contribution >= 4 is 63.3 Å². The van der Waals surface area contributed by atoms with Crippen LogP contribution in [0.25, 0.3) is 11.7 Å². The molecule has 0 radical (unpaired) electrons. The fraction of sp³-hybridized carbons (Fsp3) is 0.308. The molecule has 180 valence electrons. The molecule has 2 saturated heterocycles. The van der Waals surface area contributed by atoms with Gasteiger partial charge in [0.2, 0.25) is 0 Å². The highest BCUT2D eigenvalue weighted by Crippen LogP contribution is 2.35. The van der Waals surface area contributed by atoms with Crippen LogP contribution in [0.15, 0.2) is 52.3 Å². The number of thiocarbonyl (C=S) groups is 1. The van der Waals surface area contributed by atoms with Gasteiger partial charge >= 0.3 is 0 Å². The van der Waals surface area contributed by atoms with Crippen molar-refractivity contribution in [1.29, 1.82) is 0 Å². The summed E-state index contributed by atoms with van der Waals surface area (Å²) >= 11 is 13.0. The van der Waals surface area contributed by atoms with Crippen molar-refractivity contribution in [1.82, 2.24) is 14.3 Å². The summed E-state index contributed by atoms with van der Waals surface area (Å²) in [5.41, 5.74) is 2.59. The zero-order chi connectivity index (χ0) is 24.7. The lowest BCUT2D eigenvalue weighted by atomic mass is 10.00. The molecule has 2 aromatic heterocycles. The molecular weight excluding hydrogens is 500 g/mol. The molecule has 0 aliphatic carbocycles. The summed E-state index contributed by atoms with van der Waals surface area (Å²) in [5.74, 6) is 0.900. The molecule has 5 rings (SSSR count). The minimum absolute atomic E-state index is 0.191. The van der Waals surface area contributed by atoms with Crippen LogP contribution in [0.5, 0.6) is 0 Å². The maximum atomic E-state index is 13.7. The Morgan fingerprint density at radius 3 is 2.80 bits per heavy atom. The molecule has 1 amide bonds. The Bertz CT molecular complexity index is 1430. The van der Waals surface area contributed by atoms with Crippen LogP contribution in [0.1, 0.15) is 36.5 Å². The quantitative estimate of drug-likeness (QED) is 0.341. The Morgan fingerprint density at radius 2 is 2.03 bits per heavy atom. The van der Waals surface area contributed by atoms with Crippen LogP contribution in [-0.4, -0.2) is 37.6 Å². The topological polar surface area (TPSA) is 57.9 Å². The first-order chi connectivity index (χ1) is 16.8. The van der Waals surface area contributed by atoms with Crippen molar-refractivity contribution in [3.05, 3.63) is 79.6 Å². The second-order valence-electron chi connectivity index (χ2n) is 9.14. The summed E-state index contributed by atoms with van der Waals surface area (Å²) in [6.45, 7) is 6.08. The number of thioether (sulfide) groups is 1. The molecule has 0 spiro atoms. The molecule has 9 heteroatoms. The van der Waals surface area contributed by atoms with Crippen LogP contribution < -0.4 is 10.5 Å². The SMILES string of the molecule is Cc1ccc2nc(N3CCCC(C)C3)c(C=C3SC(=S)N(Cc4ccccc4Cl)C3=O)c(=O)n2c1. The van der Waals surface area contributed by atoms with Gasteiger partial charge in [-0.15, -0.1) is 0 Å². The molecule has 4 heterocycles. The number of amides is 1. The number of nitrogens with zero attached hydrogens (tertiary/aromatic N) is 4. The van der Waals surface area contributed by atoms with Gasteiger partial charge < -0.3 is 4.90 Å². The molecule has 1 aromatic carbocycles. The Morgan fingerprint density at radius 1 is 1.23 bits per heavy atom. The zero-order valence-corrected chi connectivity index (χ0v) is 21.9. The number of hydrogen-bond donors (Lipinski definition) is 0. The van der Waals surface area contributed by atoms with E-state index in [0.29, 0.717) is 37.2 Å². The van der Waals surface area contributed by atoms with E-state index in [4.69, 9.17) is 28.8 Å². The Labute approximate surface area is 218 Å². The van der Waals surface area contributed by atoms with Crippen LogP contribution in [0.4, 0.5) is 5.82 Å². The van der Waals surface area contributed by atoms with Gasteiger partial charge in [0, 0.05) is 24.3 Å². The normalized spacial score (nSPS) is 19.9. The summed E-state index contributed by atoms with van der Waals surface area (Å²) in [7, 11) is 0. The van der Waals surface area contributed by atoms with Gasteiger partial charge in [0.15, 0.2) is 0 Å². The second-order valence-corrected chi connectivity index (χ2v) is 11.2. The van der Waals surface area contributed by atoms with E-state index in [1.807, 2.05) is 37.3 Å². The molecule has 1 unspecified atom stereocenters. The first kappa shape index (κ1) is 24.0. The zero-order valence-electron chi connectivity index (χ0n) is 19.5. The van der Waals surface area contributed by atoms with E-state index in [1.54, 1.807) is 22.7 Å². The number of carbonyl (C=O) groups is 1. The summed E-state index contributed by atoms with van der Waals surface area (Å²) in [6, 6.07) is 11.2. The van der Waals surface area contributed by atoms with Crippen LogP contribution in [0, 0.1) is 12.8 Å². The van der Waals surface area contributed by atoms with E-state index in [2.05, 4.69) is 11.8 Å². The molecule has 35 heavy (non-hydrogen) atoms. The van der Waals surface area contributed by atoms with Crippen LogP contribution in [-0.2, 0) is 11.3 Å². The fourth-order valence-electron chi connectivity index (χ4n) is 4.56. The van der Waals surface area contributed by atoms with Crippen molar-refractivity contribution in [3.8, 4) is 0 Å². The van der Waals surface area contributed by atoms with Gasteiger partial charge in [0.1, 0.15) is 15.8 Å². The van der Waals surface area contributed by atoms with Gasteiger partial charge in [-0.05, 0) is 55.0 Å². The largest absolute Gasteiger partial charge is 0.356 e. The van der Waals surface area contributed by atoms with E-state index in [-0.39, 0.29) is 18.0 Å². The lowest BCUT2D eigenvalue weighted by molar-refractivity contribution is -0.122. The Hall–Kier alpha value is -2.68. The summed E-state index contributed by atoms with van der Waals surface area (Å²) < 4.78 is 2.00. The smallest absolute Gasteiger partial charge is 0.267 e. The van der Waals surface area contributed by atoms with Gasteiger partial charge in [-0.3, -0.25) is 18.9 Å². The molecule has 3 aromatic rings. The second kappa shape index (κ2) is 9.76. The molecule has 0 bridgehead atoms. The predicted octanol–water partition coefficient (Wildman–Crippen LogP) is 5.29. The lowest BCUT2D eigenvalue weighted by Crippen LogP contribution is -2.37. The van der Waals surface area contributed by atoms with Gasteiger partial charge in [0.25, 0.3) is 11.5 Å². The molecule has 2 fully saturated rings. The van der Waals surface area contributed by atoms with Crippen molar-refractivity contribution < 1.29 is 4.79 Å². The molecule has 6 nitrogen and oxygen atoms in total. The van der Waals surface area contributed by atoms with Crippen molar-refractivity contribution in [2.45, 2.75) is 33.2 Å². The molecule has 2 aliphatic heterocycles. The third kappa shape index (κ3) is 4.75. The maximum Gasteiger partial charge on any atom is 0.267 e. The monoisotopic (exact) mass is 524 g/mol. The average molecular weight is 525 g/mol. The fourth-order valence-corrected chi connectivity index (χ4v) is 5.99. The summed E-state index contributed by atoms with van der Waals surface area (Å²) in [4.78, 5) is 36.1. The van der Waals surface area contributed by atoms with E-state index in [1.165, 1.54) is 16.7 Å². The standard InChI is InChI=1S/C26H25ClN4O2S2/c1-16-6-5-11-29(13-16)23-19(24(32)30-14-17(2)9-10-22(30)28-23)12-21-25(33)31(26(34)35-21)15-18-7-3-4-8-20(18)27/h3-4,7-10,12,14,16H,5-6,11,13,15H2,1-2H3. The highest BCUT2D eigenvalue weighted by molar-refractivity contribution is 8.26. The number of pyridine rings is 1. The molecular formula is C26H25ClN4O2S2. The van der Waals surface area contributed by atoms with E-state index >= 15 is 0 Å². The minimum atomic E-state index is -0.230. The van der Waals surface area contributed by atoms with Crippen LogP contribution >= 0.6 is 35.6 Å². The molecule has 0 saturated carbocycles. The first-order valence-electron chi connectivity index (χ1n) is 11.6. The molecule has 0 N–H and O–H groups in total. The van der Waals surface area contributed by atoms with E-state index in [9.17, 15) is 9.59 Å². The van der Waals surface area contributed by atoms with Crippen LogP contribution in [0.2, 0.25) is 5.02 Å². The molecule has 1 atom stereocenters. The van der Waals surface area contributed by atoms with E-state index < -0.39 is 0 Å². The molecule has 2 aliphatic rings. The number of benzene rings is 1. The van der Waals surface area contributed by atoms with Crippen molar-refractivity contribution in [2.24, 2.45) is 5.92 Å². The number of aryl methyl sites for hydroxylation is 1. The third-order valence-corrected chi connectivity index (χ3v) is 8.12. The number of fused-ring (bicyclic) bond motifs is 1. The van der Waals surface area contributed by atoms with Gasteiger partial charge in [-0.25, -0.2) is 4.98 Å². The van der Waals surface area contributed by atoms with Gasteiger partial charge in [-0.2, -0.15) is 0 Å².